The molecule has 2 aromatic rings. The van der Waals surface area contributed by atoms with Crippen molar-refractivity contribution in [1.29, 1.82) is 0 Å². The number of hydrogen-bond acceptors (Lipinski definition) is 3. The van der Waals surface area contributed by atoms with Gasteiger partial charge in [-0.2, -0.15) is 5.10 Å². The highest BCUT2D eigenvalue weighted by Crippen LogP contribution is 2.13. The normalized spacial score (nSPS) is 11.0. The second-order valence-electron chi connectivity index (χ2n) is 4.20. The number of thiocarbonyl (C=S) groups is 1. The summed E-state index contributed by atoms with van der Waals surface area (Å²) >= 11 is 11.0. The maximum atomic E-state index is 5.83. The van der Waals surface area contributed by atoms with Crippen LogP contribution >= 0.6 is 23.8 Å². The lowest BCUT2D eigenvalue weighted by Gasteiger charge is -2.08. The Bertz CT molecular complexity index is 626. The highest BCUT2D eigenvalue weighted by Gasteiger charge is 2.02. The molecule has 0 saturated heterocycles. The van der Waals surface area contributed by atoms with Crippen molar-refractivity contribution in [2.45, 2.75) is 13.3 Å². The summed E-state index contributed by atoms with van der Waals surface area (Å²) in [5, 5.41) is 8.43. The fourth-order valence-corrected chi connectivity index (χ4v) is 1.95. The first-order valence-corrected chi connectivity index (χ1v) is 7.28. The summed E-state index contributed by atoms with van der Waals surface area (Å²) in [5.41, 5.74) is 5.36. The van der Waals surface area contributed by atoms with Crippen LogP contribution in [0.15, 0.2) is 53.8 Å². The van der Waals surface area contributed by atoms with Gasteiger partial charge in [-0.1, -0.05) is 24.6 Å². The van der Waals surface area contributed by atoms with Crippen LogP contribution < -0.4 is 10.7 Å². The predicted octanol–water partition coefficient (Wildman–Crippen LogP) is 3.84. The average Bonchev–Trinajstić information content (AvgIpc) is 2.51. The molecule has 2 rings (SSSR count). The van der Waals surface area contributed by atoms with Gasteiger partial charge in [0, 0.05) is 16.9 Å². The van der Waals surface area contributed by atoms with Gasteiger partial charge >= 0.3 is 0 Å². The lowest BCUT2D eigenvalue weighted by molar-refractivity contribution is 1.01. The second kappa shape index (κ2) is 7.71. The average molecular weight is 319 g/mol. The molecular formula is C15H15ClN4S. The first kappa shape index (κ1) is 15.4. The van der Waals surface area contributed by atoms with Crippen LogP contribution in [-0.2, 0) is 0 Å². The molecule has 4 nitrogen and oxygen atoms in total. The van der Waals surface area contributed by atoms with Gasteiger partial charge in [0.05, 0.1) is 11.4 Å². The largest absolute Gasteiger partial charge is 0.331 e. The second-order valence-corrected chi connectivity index (χ2v) is 5.04. The molecular weight excluding hydrogens is 304 g/mol. The smallest absolute Gasteiger partial charge is 0.191 e. The van der Waals surface area contributed by atoms with Crippen molar-refractivity contribution in [3.05, 3.63) is 59.4 Å². The van der Waals surface area contributed by atoms with Crippen LogP contribution in [0, 0.1) is 0 Å². The number of anilines is 1. The molecule has 1 heterocycles. The summed E-state index contributed by atoms with van der Waals surface area (Å²) in [6.07, 6.45) is 2.50. The van der Waals surface area contributed by atoms with E-state index in [-0.39, 0.29) is 0 Å². The van der Waals surface area contributed by atoms with Crippen molar-refractivity contribution in [2.75, 3.05) is 5.32 Å². The third-order valence-electron chi connectivity index (χ3n) is 2.69. The summed E-state index contributed by atoms with van der Waals surface area (Å²) in [4.78, 5) is 4.27. The molecule has 0 bridgehead atoms. The van der Waals surface area contributed by atoms with E-state index in [1.54, 1.807) is 18.3 Å². The van der Waals surface area contributed by atoms with Crippen LogP contribution in [0.2, 0.25) is 5.02 Å². The van der Waals surface area contributed by atoms with E-state index >= 15 is 0 Å². The van der Waals surface area contributed by atoms with Crippen molar-refractivity contribution in [3.8, 4) is 0 Å². The number of halogens is 1. The molecule has 6 heteroatoms. The molecule has 1 aromatic heterocycles. The molecule has 108 valence electrons. The molecule has 0 aliphatic heterocycles. The van der Waals surface area contributed by atoms with E-state index in [4.69, 9.17) is 23.8 Å². The lowest BCUT2D eigenvalue weighted by atomic mass is 10.2. The molecule has 0 spiro atoms. The summed E-state index contributed by atoms with van der Waals surface area (Å²) < 4.78 is 0. The Hall–Kier alpha value is -1.98. The number of nitrogens with zero attached hydrogens (tertiary/aromatic N) is 2. The fourth-order valence-electron chi connectivity index (χ4n) is 1.66. The van der Waals surface area contributed by atoms with E-state index in [1.807, 2.05) is 37.3 Å². The lowest BCUT2D eigenvalue weighted by Crippen LogP contribution is -2.25. The highest BCUT2D eigenvalue weighted by atomic mass is 35.5. The number of hydrazone groups is 1. The van der Waals surface area contributed by atoms with Gasteiger partial charge in [0.25, 0.3) is 0 Å². The number of rotatable bonds is 4. The summed E-state index contributed by atoms with van der Waals surface area (Å²) in [6.45, 7) is 2.02. The monoisotopic (exact) mass is 318 g/mol. The minimum absolute atomic E-state index is 0.416. The van der Waals surface area contributed by atoms with Gasteiger partial charge in [-0.3, -0.25) is 10.4 Å². The first-order chi connectivity index (χ1) is 10.2. The van der Waals surface area contributed by atoms with E-state index in [9.17, 15) is 0 Å². The molecule has 2 N–H and O–H groups in total. The molecule has 0 amide bonds. The van der Waals surface area contributed by atoms with E-state index in [2.05, 4.69) is 20.8 Å². The van der Waals surface area contributed by atoms with Gasteiger partial charge in [-0.15, -0.1) is 0 Å². The predicted molar refractivity (Wildman–Crippen MR) is 91.9 cm³/mol. The zero-order valence-electron chi connectivity index (χ0n) is 11.5. The topological polar surface area (TPSA) is 49.3 Å². The third kappa shape index (κ3) is 4.81. The molecule has 21 heavy (non-hydrogen) atoms. The third-order valence-corrected chi connectivity index (χ3v) is 3.14. The van der Waals surface area contributed by atoms with Gasteiger partial charge in [-0.25, -0.2) is 0 Å². The molecule has 1 aromatic carbocycles. The van der Waals surface area contributed by atoms with Crippen molar-refractivity contribution in [2.24, 2.45) is 5.10 Å². The van der Waals surface area contributed by atoms with Crippen LogP contribution in [0.4, 0.5) is 5.69 Å². The number of nitrogens with one attached hydrogen (secondary N) is 2. The number of aromatic nitrogens is 1. The number of benzene rings is 1. The Morgan fingerprint density at radius 1 is 1.24 bits per heavy atom. The maximum Gasteiger partial charge on any atom is 0.191 e. The maximum absolute atomic E-state index is 5.83. The molecule has 0 saturated carbocycles. The summed E-state index contributed by atoms with van der Waals surface area (Å²) in [7, 11) is 0. The fraction of sp³-hybridized carbons (Fsp3) is 0.133. The minimum Gasteiger partial charge on any atom is -0.331 e. The van der Waals surface area contributed by atoms with Crippen LogP contribution in [0.25, 0.3) is 0 Å². The van der Waals surface area contributed by atoms with Gasteiger partial charge in [0.2, 0.25) is 0 Å². The highest BCUT2D eigenvalue weighted by molar-refractivity contribution is 7.80. The van der Waals surface area contributed by atoms with E-state index in [0.29, 0.717) is 10.1 Å². The minimum atomic E-state index is 0.416. The zero-order chi connectivity index (χ0) is 15.1. The van der Waals surface area contributed by atoms with Gasteiger partial charge in [0.1, 0.15) is 0 Å². The molecule has 0 fully saturated rings. The van der Waals surface area contributed by atoms with Gasteiger partial charge < -0.3 is 5.32 Å². The Labute approximate surface area is 134 Å². The Morgan fingerprint density at radius 2 is 2.00 bits per heavy atom. The van der Waals surface area contributed by atoms with Crippen LogP contribution in [0.1, 0.15) is 19.0 Å². The standard InChI is InChI=1S/C15H15ClN4S/c1-2-13(14-5-3-4-10-17-14)19-20-15(21)18-12-8-6-11(16)7-9-12/h3-10H,2H2,1H3,(H2,18,20,21)/b19-13+. The molecule has 0 aliphatic carbocycles. The Kier molecular flexibility index (Phi) is 5.66. The molecule has 0 unspecified atom stereocenters. The van der Waals surface area contributed by atoms with Crippen LogP contribution in [0.3, 0.4) is 0 Å². The molecule has 0 atom stereocenters. The van der Waals surface area contributed by atoms with Crippen molar-refractivity contribution < 1.29 is 0 Å². The Balaban J connectivity index is 1.98. The Morgan fingerprint density at radius 3 is 2.62 bits per heavy atom. The van der Waals surface area contributed by atoms with Gasteiger partial charge in [0.15, 0.2) is 5.11 Å². The van der Waals surface area contributed by atoms with Gasteiger partial charge in [-0.05, 0) is 55.0 Å². The molecule has 0 aliphatic rings. The summed E-state index contributed by atoms with van der Waals surface area (Å²) in [6, 6.07) is 13.0. The zero-order valence-corrected chi connectivity index (χ0v) is 13.1. The number of pyridine rings is 1. The van der Waals surface area contributed by atoms with Crippen LogP contribution in [-0.4, -0.2) is 15.8 Å². The van der Waals surface area contributed by atoms with Crippen LogP contribution in [0.5, 0.6) is 0 Å². The van der Waals surface area contributed by atoms with Crippen molar-refractivity contribution in [1.82, 2.24) is 10.4 Å². The SMILES string of the molecule is CC/C(=N\NC(=S)Nc1ccc(Cl)cc1)c1ccccn1. The molecule has 0 radical (unpaired) electrons. The first-order valence-electron chi connectivity index (χ1n) is 6.49. The quantitative estimate of drug-likeness (QED) is 0.511. The number of hydrogen-bond donors (Lipinski definition) is 2. The van der Waals surface area contributed by atoms with Crippen molar-refractivity contribution in [3.63, 3.8) is 0 Å². The van der Waals surface area contributed by atoms with E-state index in [0.717, 1.165) is 23.5 Å². The summed E-state index contributed by atoms with van der Waals surface area (Å²) in [5.74, 6) is 0. The van der Waals surface area contributed by atoms with E-state index in [1.165, 1.54) is 0 Å². The van der Waals surface area contributed by atoms with E-state index < -0.39 is 0 Å². The van der Waals surface area contributed by atoms with Crippen molar-refractivity contribution >= 4 is 40.3 Å².